The second-order valence-corrected chi connectivity index (χ2v) is 6.01. The van der Waals surface area contributed by atoms with Gasteiger partial charge < -0.3 is 4.74 Å². The zero-order valence-corrected chi connectivity index (χ0v) is 14.9. The van der Waals surface area contributed by atoms with Crippen LogP contribution in [-0.2, 0) is 25.8 Å². The quantitative estimate of drug-likeness (QED) is 0.759. The number of nitrogens with zero attached hydrogens (tertiary/aromatic N) is 2. The Morgan fingerprint density at radius 2 is 1.70 bits per heavy atom. The van der Waals surface area contributed by atoms with E-state index in [-0.39, 0.29) is 19.4 Å². The average molecular weight is 368 g/mol. The molecule has 1 heterocycles. The Bertz CT molecular complexity index is 810. The number of ether oxygens (including phenoxy) is 1. The Kier molecular flexibility index (Phi) is 5.83. The van der Waals surface area contributed by atoms with E-state index in [4.69, 9.17) is 9.57 Å². The van der Waals surface area contributed by atoms with Crippen molar-refractivity contribution in [3.05, 3.63) is 66.2 Å². The summed E-state index contributed by atoms with van der Waals surface area (Å²) in [5.74, 6) is -0.929. The maximum Gasteiger partial charge on any atom is 0.417 e. The monoisotopic (exact) mass is 368 g/mol. The topological polar surface area (TPSA) is 76.2 Å². The lowest BCUT2D eigenvalue weighted by Crippen LogP contribution is -2.49. The Balaban J connectivity index is 1.73. The Hall–Kier alpha value is -3.19. The van der Waals surface area contributed by atoms with Crippen molar-refractivity contribution in [3.8, 4) is 0 Å². The molecule has 2 aromatic carbocycles. The number of imide groups is 1. The van der Waals surface area contributed by atoms with Crippen molar-refractivity contribution in [3.63, 3.8) is 0 Å². The van der Waals surface area contributed by atoms with Crippen molar-refractivity contribution < 1.29 is 24.0 Å². The number of para-hydroxylation sites is 1. The van der Waals surface area contributed by atoms with Gasteiger partial charge in [0.25, 0.3) is 5.91 Å². The van der Waals surface area contributed by atoms with Crippen LogP contribution in [0.4, 0.5) is 10.5 Å². The Labute approximate surface area is 157 Å². The lowest BCUT2D eigenvalue weighted by atomic mass is 10.2. The summed E-state index contributed by atoms with van der Waals surface area (Å²) in [6, 6.07) is 16.9. The lowest BCUT2D eigenvalue weighted by Gasteiger charge is -2.27. The molecule has 1 aliphatic heterocycles. The fourth-order valence-corrected chi connectivity index (χ4v) is 2.96. The molecule has 2 aromatic rings. The molecule has 0 aliphatic carbocycles. The summed E-state index contributed by atoms with van der Waals surface area (Å²) >= 11 is 0. The highest BCUT2D eigenvalue weighted by Crippen LogP contribution is 2.25. The molecule has 0 radical (unpaired) electrons. The summed E-state index contributed by atoms with van der Waals surface area (Å²) in [7, 11) is 1.36. The van der Waals surface area contributed by atoms with E-state index in [1.165, 1.54) is 7.11 Å². The maximum atomic E-state index is 12.9. The number of likely N-dealkylation sites (tertiary alicyclic amines) is 1. The Morgan fingerprint density at radius 3 is 2.33 bits per heavy atom. The van der Waals surface area contributed by atoms with Gasteiger partial charge in [0.05, 0.1) is 12.8 Å². The SMILES string of the molecule is CON(C(=O)C1CCC(=O)N1C(=O)OCc1ccccc1)c1ccccc1. The van der Waals surface area contributed by atoms with Crippen LogP contribution in [0.5, 0.6) is 0 Å². The number of hydrogen-bond donors (Lipinski definition) is 0. The van der Waals surface area contributed by atoms with Gasteiger partial charge in [-0.05, 0) is 24.1 Å². The van der Waals surface area contributed by atoms with E-state index < -0.39 is 23.9 Å². The van der Waals surface area contributed by atoms with Crippen LogP contribution in [0.1, 0.15) is 18.4 Å². The van der Waals surface area contributed by atoms with Crippen molar-refractivity contribution in [2.45, 2.75) is 25.5 Å². The van der Waals surface area contributed by atoms with Crippen LogP contribution in [0, 0.1) is 0 Å². The molecule has 1 aliphatic rings. The molecule has 7 nitrogen and oxygen atoms in total. The summed E-state index contributed by atoms with van der Waals surface area (Å²) < 4.78 is 5.24. The van der Waals surface area contributed by atoms with Gasteiger partial charge in [0, 0.05) is 6.42 Å². The van der Waals surface area contributed by atoms with Crippen molar-refractivity contribution >= 4 is 23.6 Å². The molecule has 3 amide bonds. The van der Waals surface area contributed by atoms with Gasteiger partial charge >= 0.3 is 6.09 Å². The predicted octanol–water partition coefficient (Wildman–Crippen LogP) is 2.91. The lowest BCUT2D eigenvalue weighted by molar-refractivity contribution is -0.135. The maximum absolute atomic E-state index is 12.9. The normalized spacial score (nSPS) is 16.3. The van der Waals surface area contributed by atoms with Gasteiger partial charge in [-0.2, -0.15) is 5.06 Å². The van der Waals surface area contributed by atoms with Crippen molar-refractivity contribution in [1.29, 1.82) is 0 Å². The van der Waals surface area contributed by atoms with E-state index in [0.29, 0.717) is 5.69 Å². The molecular weight excluding hydrogens is 348 g/mol. The number of amides is 3. The molecule has 0 spiro atoms. The highest BCUT2D eigenvalue weighted by atomic mass is 16.7. The molecule has 140 valence electrons. The van der Waals surface area contributed by atoms with Crippen LogP contribution >= 0.6 is 0 Å². The fourth-order valence-electron chi connectivity index (χ4n) is 2.96. The third-order valence-electron chi connectivity index (χ3n) is 4.27. The standard InChI is InChI=1S/C20H20N2O5/c1-26-22(16-10-6-3-7-11-16)19(24)17-12-13-18(23)21(17)20(25)27-14-15-8-4-2-5-9-15/h2-11,17H,12-14H2,1H3. The van der Waals surface area contributed by atoms with E-state index >= 15 is 0 Å². The molecule has 1 atom stereocenters. The summed E-state index contributed by atoms with van der Waals surface area (Å²) in [5.41, 5.74) is 1.31. The zero-order valence-electron chi connectivity index (χ0n) is 14.9. The van der Waals surface area contributed by atoms with Gasteiger partial charge in [0.15, 0.2) is 0 Å². The molecule has 0 aromatic heterocycles. The van der Waals surface area contributed by atoms with E-state index in [9.17, 15) is 14.4 Å². The largest absolute Gasteiger partial charge is 0.444 e. The first-order valence-corrected chi connectivity index (χ1v) is 8.57. The molecule has 3 rings (SSSR count). The van der Waals surface area contributed by atoms with Crippen LogP contribution in [0.3, 0.4) is 0 Å². The van der Waals surface area contributed by atoms with Gasteiger partial charge in [-0.15, -0.1) is 0 Å². The smallest absolute Gasteiger partial charge is 0.417 e. The number of hydroxylamine groups is 1. The van der Waals surface area contributed by atoms with Crippen LogP contribution in [0.25, 0.3) is 0 Å². The minimum atomic E-state index is -0.957. The number of carbonyl (C=O) groups excluding carboxylic acids is 3. The first-order valence-electron chi connectivity index (χ1n) is 8.57. The number of carbonyl (C=O) groups is 3. The van der Waals surface area contributed by atoms with Crippen molar-refractivity contribution in [2.75, 3.05) is 12.2 Å². The van der Waals surface area contributed by atoms with E-state index in [1.54, 1.807) is 24.3 Å². The highest BCUT2D eigenvalue weighted by Gasteiger charge is 2.43. The summed E-state index contributed by atoms with van der Waals surface area (Å²) in [6.45, 7) is 0.0248. The fraction of sp³-hybridized carbons (Fsp3) is 0.250. The van der Waals surface area contributed by atoms with Gasteiger partial charge in [-0.1, -0.05) is 48.5 Å². The number of anilines is 1. The number of hydrogen-bond acceptors (Lipinski definition) is 5. The Morgan fingerprint density at radius 1 is 1.07 bits per heavy atom. The molecule has 1 fully saturated rings. The van der Waals surface area contributed by atoms with E-state index in [0.717, 1.165) is 15.5 Å². The van der Waals surface area contributed by atoms with Crippen LogP contribution < -0.4 is 5.06 Å². The highest BCUT2D eigenvalue weighted by molar-refractivity contribution is 6.04. The summed E-state index contributed by atoms with van der Waals surface area (Å²) in [6.07, 6.45) is -0.502. The molecule has 1 saturated heterocycles. The molecule has 0 saturated carbocycles. The average Bonchev–Trinajstić information content (AvgIpc) is 3.10. The molecular formula is C20H20N2O5. The minimum absolute atomic E-state index is 0.0248. The van der Waals surface area contributed by atoms with Gasteiger partial charge in [-0.25, -0.2) is 9.69 Å². The third kappa shape index (κ3) is 4.15. The molecule has 1 unspecified atom stereocenters. The first-order chi connectivity index (χ1) is 13.1. The predicted molar refractivity (Wildman–Crippen MR) is 97.4 cm³/mol. The van der Waals surface area contributed by atoms with Gasteiger partial charge in [-0.3, -0.25) is 14.4 Å². The second kappa shape index (κ2) is 8.46. The number of rotatable bonds is 5. The first kappa shape index (κ1) is 18.6. The van der Waals surface area contributed by atoms with Crippen molar-refractivity contribution in [2.24, 2.45) is 0 Å². The summed E-state index contributed by atoms with van der Waals surface area (Å²) in [5, 5.41) is 1.08. The summed E-state index contributed by atoms with van der Waals surface area (Å²) in [4.78, 5) is 43.7. The van der Waals surface area contributed by atoms with Gasteiger partial charge in [0.2, 0.25) is 5.91 Å². The van der Waals surface area contributed by atoms with Crippen LogP contribution in [0.2, 0.25) is 0 Å². The molecule has 0 bridgehead atoms. The third-order valence-corrected chi connectivity index (χ3v) is 4.27. The van der Waals surface area contributed by atoms with Crippen LogP contribution in [-0.4, -0.2) is 36.0 Å². The zero-order chi connectivity index (χ0) is 19.2. The second-order valence-electron chi connectivity index (χ2n) is 6.01. The molecule has 7 heteroatoms. The molecule has 0 N–H and O–H groups in total. The van der Waals surface area contributed by atoms with E-state index in [1.807, 2.05) is 36.4 Å². The van der Waals surface area contributed by atoms with Crippen LogP contribution in [0.15, 0.2) is 60.7 Å². The molecule has 27 heavy (non-hydrogen) atoms. The minimum Gasteiger partial charge on any atom is -0.444 e. The number of benzene rings is 2. The van der Waals surface area contributed by atoms with Crippen molar-refractivity contribution in [1.82, 2.24) is 4.90 Å². The van der Waals surface area contributed by atoms with E-state index in [2.05, 4.69) is 0 Å². The van der Waals surface area contributed by atoms with Gasteiger partial charge in [0.1, 0.15) is 12.6 Å².